The molecule has 0 saturated heterocycles. The first-order chi connectivity index (χ1) is 6.88. The number of rotatable bonds is 1. The van der Waals surface area contributed by atoms with Gasteiger partial charge in [0.25, 0.3) is 0 Å². The van der Waals surface area contributed by atoms with Crippen molar-refractivity contribution in [2.45, 2.75) is 11.8 Å². The molecule has 4 rings (SSSR count). The van der Waals surface area contributed by atoms with Gasteiger partial charge in [-0.05, 0) is 23.3 Å². The Morgan fingerprint density at radius 3 is 2.21 bits per heavy atom. The maximum Gasteiger partial charge on any atom is 0.119 e. The number of hydrogen-bond acceptors (Lipinski definition) is 1. The number of hydrogen-bond donors (Lipinski definition) is 0. The maximum absolute atomic E-state index is 5.24. The topological polar surface area (TPSA) is 9.23 Å². The third-order valence-corrected chi connectivity index (χ3v) is 3.06. The van der Waals surface area contributed by atoms with Gasteiger partial charge < -0.3 is 4.74 Å². The predicted octanol–water partition coefficient (Wildman–Crippen LogP) is 3.00. The minimum absolute atomic E-state index is 0.463. The van der Waals surface area contributed by atoms with Gasteiger partial charge in [-0.2, -0.15) is 0 Å². The van der Waals surface area contributed by atoms with Crippen LogP contribution in [0.3, 0.4) is 0 Å². The van der Waals surface area contributed by atoms with Gasteiger partial charge >= 0.3 is 0 Å². The van der Waals surface area contributed by atoms with E-state index in [9.17, 15) is 0 Å². The number of ether oxygens (including phenoxy) is 1. The molecular formula is C13H12O. The Bertz CT molecular complexity index is 415. The fourth-order valence-electron chi connectivity index (χ4n) is 2.29. The van der Waals surface area contributed by atoms with Crippen molar-refractivity contribution in [1.29, 1.82) is 0 Å². The second kappa shape index (κ2) is 2.74. The van der Waals surface area contributed by atoms with Crippen molar-refractivity contribution in [1.82, 2.24) is 0 Å². The second-order valence-electron chi connectivity index (χ2n) is 3.82. The molecule has 1 aromatic carbocycles. The molecule has 0 N–H and O–H groups in total. The van der Waals surface area contributed by atoms with Crippen LogP contribution in [0, 0.1) is 0 Å². The molecule has 0 spiro atoms. The van der Waals surface area contributed by atoms with Crippen molar-refractivity contribution in [3.63, 3.8) is 0 Å². The van der Waals surface area contributed by atoms with Crippen LogP contribution in [0.5, 0.6) is 5.75 Å². The third-order valence-electron chi connectivity index (χ3n) is 3.06. The first-order valence-corrected chi connectivity index (χ1v) is 4.93. The molecule has 3 aliphatic carbocycles. The lowest BCUT2D eigenvalue weighted by Gasteiger charge is -2.28. The predicted molar refractivity (Wildman–Crippen MR) is 56.8 cm³/mol. The molecule has 0 aliphatic heterocycles. The van der Waals surface area contributed by atoms with Crippen LogP contribution in [0.25, 0.3) is 0 Å². The lowest BCUT2D eigenvalue weighted by molar-refractivity contribution is 0.414. The van der Waals surface area contributed by atoms with Gasteiger partial charge in [-0.3, -0.25) is 0 Å². The lowest BCUT2D eigenvalue weighted by Crippen LogP contribution is -2.11. The molecule has 0 radical (unpaired) electrons. The highest BCUT2D eigenvalue weighted by Crippen LogP contribution is 2.41. The van der Waals surface area contributed by atoms with Gasteiger partial charge in [-0.25, -0.2) is 0 Å². The summed E-state index contributed by atoms with van der Waals surface area (Å²) in [5, 5.41) is 0. The highest BCUT2D eigenvalue weighted by atomic mass is 16.5. The standard InChI is InChI=1S/C13H12O/c1-14-11-6-7-12-9-2-4-10(5-3-9)13(12)8-11/h2-10H,1H3. The lowest BCUT2D eigenvalue weighted by atomic mass is 9.76. The van der Waals surface area contributed by atoms with Crippen LogP contribution in [-0.4, -0.2) is 7.11 Å². The molecule has 0 fully saturated rings. The van der Waals surface area contributed by atoms with Crippen molar-refractivity contribution in [3.05, 3.63) is 53.6 Å². The second-order valence-corrected chi connectivity index (χ2v) is 3.82. The molecule has 0 aromatic heterocycles. The number of benzene rings is 1. The van der Waals surface area contributed by atoms with Crippen LogP contribution in [0.2, 0.25) is 0 Å². The van der Waals surface area contributed by atoms with E-state index in [1.165, 1.54) is 11.1 Å². The van der Waals surface area contributed by atoms with Crippen molar-refractivity contribution in [3.8, 4) is 5.75 Å². The van der Waals surface area contributed by atoms with E-state index < -0.39 is 0 Å². The quantitative estimate of drug-likeness (QED) is 0.610. The van der Waals surface area contributed by atoms with E-state index >= 15 is 0 Å². The molecule has 3 aliphatic rings. The normalized spacial score (nSPS) is 26.4. The molecule has 0 saturated carbocycles. The van der Waals surface area contributed by atoms with E-state index in [2.05, 4.69) is 36.4 Å². The Kier molecular flexibility index (Phi) is 1.54. The molecule has 1 aromatic rings. The summed E-state index contributed by atoms with van der Waals surface area (Å²) >= 11 is 0. The zero-order valence-corrected chi connectivity index (χ0v) is 8.10. The van der Waals surface area contributed by atoms with Crippen LogP contribution in [0.1, 0.15) is 23.0 Å². The summed E-state index contributed by atoms with van der Waals surface area (Å²) in [5.41, 5.74) is 2.83. The highest BCUT2D eigenvalue weighted by molar-refractivity contribution is 5.52. The molecule has 1 heteroatoms. The average Bonchev–Trinajstić information content (AvgIpc) is 2.30. The summed E-state index contributed by atoms with van der Waals surface area (Å²) in [6, 6.07) is 6.38. The minimum atomic E-state index is 0.463. The Morgan fingerprint density at radius 1 is 0.929 bits per heavy atom. The summed E-state index contributed by atoms with van der Waals surface area (Å²) in [7, 11) is 1.72. The Balaban J connectivity index is 2.17. The van der Waals surface area contributed by atoms with Crippen LogP contribution in [0.4, 0.5) is 0 Å². The van der Waals surface area contributed by atoms with E-state index in [-0.39, 0.29) is 0 Å². The van der Waals surface area contributed by atoms with E-state index in [4.69, 9.17) is 4.74 Å². The molecular weight excluding hydrogens is 172 g/mol. The van der Waals surface area contributed by atoms with Crippen LogP contribution in [0.15, 0.2) is 42.5 Å². The van der Waals surface area contributed by atoms with E-state index in [1.54, 1.807) is 7.11 Å². The van der Waals surface area contributed by atoms with Gasteiger partial charge in [-0.1, -0.05) is 30.4 Å². The van der Waals surface area contributed by atoms with Gasteiger partial charge in [0, 0.05) is 11.8 Å². The zero-order chi connectivity index (χ0) is 9.54. The summed E-state index contributed by atoms with van der Waals surface area (Å²) in [4.78, 5) is 0. The molecule has 0 unspecified atom stereocenters. The van der Waals surface area contributed by atoms with Gasteiger partial charge in [0.15, 0.2) is 0 Å². The minimum Gasteiger partial charge on any atom is -0.497 e. The third kappa shape index (κ3) is 0.955. The molecule has 1 nitrogen and oxygen atoms in total. The molecule has 2 bridgehead atoms. The number of allylic oxidation sites excluding steroid dienone is 4. The van der Waals surface area contributed by atoms with E-state index in [1.807, 2.05) is 6.07 Å². The number of methoxy groups -OCH3 is 1. The Morgan fingerprint density at radius 2 is 1.57 bits per heavy atom. The van der Waals surface area contributed by atoms with E-state index in [0.29, 0.717) is 11.8 Å². The van der Waals surface area contributed by atoms with Crippen molar-refractivity contribution in [2.24, 2.45) is 0 Å². The Hall–Kier alpha value is -1.50. The monoisotopic (exact) mass is 184 g/mol. The SMILES string of the molecule is COc1ccc2c(c1)C1C=CC2C=C1. The summed E-state index contributed by atoms with van der Waals surface area (Å²) < 4.78 is 5.24. The smallest absolute Gasteiger partial charge is 0.119 e. The fourth-order valence-corrected chi connectivity index (χ4v) is 2.29. The van der Waals surface area contributed by atoms with Gasteiger partial charge in [0.1, 0.15) is 5.75 Å². The largest absolute Gasteiger partial charge is 0.497 e. The average molecular weight is 184 g/mol. The molecule has 0 atom stereocenters. The molecule has 0 amide bonds. The van der Waals surface area contributed by atoms with Gasteiger partial charge in [0.2, 0.25) is 0 Å². The molecule has 70 valence electrons. The fraction of sp³-hybridized carbons (Fsp3) is 0.231. The van der Waals surface area contributed by atoms with E-state index in [0.717, 1.165) is 5.75 Å². The van der Waals surface area contributed by atoms with Crippen LogP contribution >= 0.6 is 0 Å². The first kappa shape index (κ1) is 7.86. The molecule has 14 heavy (non-hydrogen) atoms. The van der Waals surface area contributed by atoms with Crippen molar-refractivity contribution >= 4 is 0 Å². The van der Waals surface area contributed by atoms with Crippen LogP contribution in [-0.2, 0) is 0 Å². The summed E-state index contributed by atoms with van der Waals surface area (Å²) in [5.74, 6) is 1.91. The Labute approximate surface area is 83.7 Å². The highest BCUT2D eigenvalue weighted by Gasteiger charge is 2.24. The summed E-state index contributed by atoms with van der Waals surface area (Å²) in [6.07, 6.45) is 9.10. The van der Waals surface area contributed by atoms with Crippen molar-refractivity contribution in [2.75, 3.05) is 7.11 Å². The molecule has 0 heterocycles. The maximum atomic E-state index is 5.24. The first-order valence-electron chi connectivity index (χ1n) is 4.93. The van der Waals surface area contributed by atoms with Crippen molar-refractivity contribution < 1.29 is 4.74 Å². The summed E-state index contributed by atoms with van der Waals surface area (Å²) in [6.45, 7) is 0. The zero-order valence-electron chi connectivity index (χ0n) is 8.10. The van der Waals surface area contributed by atoms with Gasteiger partial charge in [0.05, 0.1) is 7.11 Å². The van der Waals surface area contributed by atoms with Gasteiger partial charge in [-0.15, -0.1) is 0 Å². The van der Waals surface area contributed by atoms with Crippen LogP contribution < -0.4 is 4.74 Å².